The van der Waals surface area contributed by atoms with Crippen LogP contribution in [0.2, 0.25) is 0 Å². The van der Waals surface area contributed by atoms with Crippen molar-refractivity contribution in [2.24, 2.45) is 0 Å². The molecule has 210 valence electrons. The minimum Gasteiger partial charge on any atom is -0.464 e. The van der Waals surface area contributed by atoms with Gasteiger partial charge in [0.1, 0.15) is 6.61 Å². The van der Waals surface area contributed by atoms with Crippen LogP contribution in [0.25, 0.3) is 0 Å². The monoisotopic (exact) mass is 554 g/mol. The molecule has 0 aromatic carbocycles. The second kappa shape index (κ2) is 29.0. The van der Waals surface area contributed by atoms with Crippen LogP contribution in [0, 0.1) is 0 Å². The number of rotatable bonds is 28. The normalized spacial score (nSPS) is 13.1. The molecule has 0 aromatic heterocycles. The summed E-state index contributed by atoms with van der Waals surface area (Å²) >= 11 is 5.22. The second-order valence-corrected chi connectivity index (χ2v) is 13.1. The fourth-order valence-electron chi connectivity index (χ4n) is 3.93. The van der Waals surface area contributed by atoms with Crippen molar-refractivity contribution in [1.82, 2.24) is 0 Å². The standard InChI is InChI=1S/C27H54O5S3/c1-2-3-4-5-6-8-11-14-25(34-21-18-29)15-12-9-7-10-13-16-27(31)32-23-26(35-22-19-30)24-33-20-17-28/h25-26,28-30H,2-24H2,1H3. The highest BCUT2D eigenvalue weighted by atomic mass is 32.2. The zero-order valence-electron chi connectivity index (χ0n) is 22.3. The molecule has 0 heterocycles. The predicted octanol–water partition coefficient (Wildman–Crippen LogP) is 6.31. The summed E-state index contributed by atoms with van der Waals surface area (Å²) in [4.78, 5) is 12.1. The van der Waals surface area contributed by atoms with Gasteiger partial charge in [-0.3, -0.25) is 4.79 Å². The minimum atomic E-state index is -0.123. The summed E-state index contributed by atoms with van der Waals surface area (Å²) in [5, 5.41) is 28.0. The van der Waals surface area contributed by atoms with Crippen LogP contribution in [0.15, 0.2) is 0 Å². The summed E-state index contributed by atoms with van der Waals surface area (Å²) in [5.41, 5.74) is 0. The number of aliphatic hydroxyl groups is 3. The van der Waals surface area contributed by atoms with Crippen LogP contribution in [0.5, 0.6) is 0 Å². The van der Waals surface area contributed by atoms with Crippen LogP contribution in [0.4, 0.5) is 0 Å². The summed E-state index contributed by atoms with van der Waals surface area (Å²) in [5.74, 6) is 2.87. The van der Waals surface area contributed by atoms with E-state index in [0.717, 1.165) is 30.8 Å². The molecule has 0 bridgehead atoms. The van der Waals surface area contributed by atoms with Crippen LogP contribution < -0.4 is 0 Å². The van der Waals surface area contributed by atoms with E-state index >= 15 is 0 Å². The number of esters is 1. The number of ether oxygens (including phenoxy) is 1. The molecule has 3 N–H and O–H groups in total. The van der Waals surface area contributed by atoms with Crippen molar-refractivity contribution in [2.75, 3.05) is 49.4 Å². The first-order chi connectivity index (χ1) is 17.2. The third-order valence-corrected chi connectivity index (χ3v) is 9.77. The van der Waals surface area contributed by atoms with Gasteiger partial charge in [0.15, 0.2) is 0 Å². The Morgan fingerprint density at radius 1 is 0.686 bits per heavy atom. The highest BCUT2D eigenvalue weighted by Crippen LogP contribution is 2.24. The molecule has 0 fully saturated rings. The number of aliphatic hydroxyl groups excluding tert-OH is 3. The Morgan fingerprint density at radius 2 is 1.20 bits per heavy atom. The van der Waals surface area contributed by atoms with Gasteiger partial charge in [0.25, 0.3) is 0 Å². The van der Waals surface area contributed by atoms with Gasteiger partial charge in [0.05, 0.1) is 19.8 Å². The predicted molar refractivity (Wildman–Crippen MR) is 157 cm³/mol. The largest absolute Gasteiger partial charge is 0.464 e. The molecule has 2 atom stereocenters. The molecule has 0 radical (unpaired) electrons. The molecule has 0 rings (SSSR count). The maximum Gasteiger partial charge on any atom is 0.305 e. The number of carbonyl (C=O) groups excluding carboxylic acids is 1. The van der Waals surface area contributed by atoms with Gasteiger partial charge in [-0.05, 0) is 19.3 Å². The molecule has 8 heteroatoms. The minimum absolute atomic E-state index is 0.123. The summed E-state index contributed by atoms with van der Waals surface area (Å²) in [6.07, 6.45) is 18.0. The Balaban J connectivity index is 3.84. The fraction of sp³-hybridized carbons (Fsp3) is 0.963. The number of carbonyl (C=O) groups is 1. The molecule has 0 aromatic rings. The van der Waals surface area contributed by atoms with Gasteiger partial charge in [0.2, 0.25) is 0 Å². The lowest BCUT2D eigenvalue weighted by molar-refractivity contribution is -0.143. The third kappa shape index (κ3) is 25.8. The molecule has 35 heavy (non-hydrogen) atoms. The Labute approximate surface area is 228 Å². The van der Waals surface area contributed by atoms with Crippen LogP contribution in [0.1, 0.15) is 103 Å². The average molecular weight is 555 g/mol. The Hall–Kier alpha value is 0.400. The van der Waals surface area contributed by atoms with Gasteiger partial charge in [-0.2, -0.15) is 35.3 Å². The van der Waals surface area contributed by atoms with E-state index in [1.54, 1.807) is 23.5 Å². The van der Waals surface area contributed by atoms with Crippen LogP contribution in [-0.2, 0) is 9.53 Å². The number of thioether (sulfide) groups is 3. The van der Waals surface area contributed by atoms with Gasteiger partial charge < -0.3 is 20.1 Å². The van der Waals surface area contributed by atoms with E-state index in [2.05, 4.69) is 6.92 Å². The van der Waals surface area contributed by atoms with E-state index < -0.39 is 0 Å². The Kier molecular flexibility index (Phi) is 29.3. The van der Waals surface area contributed by atoms with Crippen molar-refractivity contribution < 1.29 is 24.9 Å². The van der Waals surface area contributed by atoms with Crippen molar-refractivity contribution in [2.45, 2.75) is 114 Å². The van der Waals surface area contributed by atoms with Crippen LogP contribution >= 0.6 is 35.3 Å². The SMILES string of the molecule is CCCCCCCCCC(CCCCCCCC(=O)OCC(CSCCO)SCCO)SCCO. The number of hydrogen-bond donors (Lipinski definition) is 3. The quantitative estimate of drug-likeness (QED) is 0.0766. The first kappa shape index (κ1) is 35.4. The first-order valence-electron chi connectivity index (χ1n) is 14.0. The summed E-state index contributed by atoms with van der Waals surface area (Å²) in [6, 6.07) is 0. The molecule has 0 aliphatic rings. The lowest BCUT2D eigenvalue weighted by Gasteiger charge is -2.16. The second-order valence-electron chi connectivity index (χ2n) is 9.13. The first-order valence-corrected chi connectivity index (χ1v) is 17.2. The summed E-state index contributed by atoms with van der Waals surface area (Å²) < 4.78 is 5.46. The van der Waals surface area contributed by atoms with E-state index in [1.165, 1.54) is 70.6 Å². The fourth-order valence-corrected chi connectivity index (χ4v) is 6.97. The molecule has 0 aliphatic heterocycles. The highest BCUT2D eigenvalue weighted by Gasteiger charge is 2.13. The van der Waals surface area contributed by atoms with E-state index in [-0.39, 0.29) is 31.0 Å². The summed E-state index contributed by atoms with van der Waals surface area (Å²) in [7, 11) is 0. The maximum absolute atomic E-state index is 12.1. The molecule has 0 amide bonds. The average Bonchev–Trinajstić information content (AvgIpc) is 2.86. The van der Waals surface area contributed by atoms with Gasteiger partial charge in [-0.1, -0.05) is 77.6 Å². The third-order valence-electron chi connectivity index (χ3n) is 5.90. The molecule has 5 nitrogen and oxygen atoms in total. The highest BCUT2D eigenvalue weighted by molar-refractivity contribution is 8.03. The molecular formula is C27H54O5S3. The van der Waals surface area contributed by atoms with E-state index in [4.69, 9.17) is 14.9 Å². The summed E-state index contributed by atoms with van der Waals surface area (Å²) in [6.45, 7) is 3.20. The van der Waals surface area contributed by atoms with E-state index in [1.807, 2.05) is 11.8 Å². The van der Waals surface area contributed by atoms with Gasteiger partial charge in [-0.25, -0.2) is 0 Å². The Morgan fingerprint density at radius 3 is 1.77 bits per heavy atom. The van der Waals surface area contributed by atoms with Crippen molar-refractivity contribution in [3.63, 3.8) is 0 Å². The van der Waals surface area contributed by atoms with Crippen molar-refractivity contribution >= 4 is 41.3 Å². The molecule has 0 aliphatic carbocycles. The van der Waals surface area contributed by atoms with Crippen LogP contribution in [0.3, 0.4) is 0 Å². The smallest absolute Gasteiger partial charge is 0.305 e. The zero-order valence-corrected chi connectivity index (χ0v) is 24.8. The van der Waals surface area contributed by atoms with Crippen molar-refractivity contribution in [1.29, 1.82) is 0 Å². The van der Waals surface area contributed by atoms with Gasteiger partial charge in [0, 0.05) is 39.9 Å². The zero-order chi connectivity index (χ0) is 25.8. The Bertz CT molecular complexity index is 443. The van der Waals surface area contributed by atoms with Gasteiger partial charge >= 0.3 is 5.97 Å². The molecule has 0 spiro atoms. The van der Waals surface area contributed by atoms with E-state index in [9.17, 15) is 9.90 Å². The van der Waals surface area contributed by atoms with E-state index in [0.29, 0.717) is 29.8 Å². The maximum atomic E-state index is 12.1. The molecule has 0 saturated carbocycles. The number of hydrogen-bond acceptors (Lipinski definition) is 8. The lowest BCUT2D eigenvalue weighted by atomic mass is 10.0. The molecule has 0 saturated heterocycles. The lowest BCUT2D eigenvalue weighted by Crippen LogP contribution is -2.19. The van der Waals surface area contributed by atoms with Gasteiger partial charge in [-0.15, -0.1) is 0 Å². The topological polar surface area (TPSA) is 87.0 Å². The van der Waals surface area contributed by atoms with Crippen molar-refractivity contribution in [3.05, 3.63) is 0 Å². The number of unbranched alkanes of at least 4 members (excludes halogenated alkanes) is 10. The molecule has 2 unspecified atom stereocenters. The van der Waals surface area contributed by atoms with Crippen LogP contribution in [-0.4, -0.2) is 81.2 Å². The van der Waals surface area contributed by atoms with Crippen molar-refractivity contribution in [3.8, 4) is 0 Å². The molecular weight excluding hydrogens is 500 g/mol.